The maximum absolute atomic E-state index is 11.1. The Hall–Kier alpha value is -1.52. The molecule has 0 saturated carbocycles. The van der Waals surface area contributed by atoms with Gasteiger partial charge in [0.1, 0.15) is 11.3 Å². The first kappa shape index (κ1) is 12.0. The van der Waals surface area contributed by atoms with E-state index in [9.17, 15) is 4.79 Å². The van der Waals surface area contributed by atoms with Crippen molar-refractivity contribution in [2.75, 3.05) is 0 Å². The largest absolute Gasteiger partial charge is 0.478 e. The second-order valence-corrected chi connectivity index (χ2v) is 4.34. The van der Waals surface area contributed by atoms with Crippen molar-refractivity contribution in [1.29, 1.82) is 0 Å². The molecule has 0 atom stereocenters. The Kier molecular flexibility index (Phi) is 3.09. The topological polar surface area (TPSA) is 55.1 Å². The zero-order valence-corrected chi connectivity index (χ0v) is 10.3. The number of carboxylic acids is 1. The normalized spacial score (nSPS) is 10.5. The standard InChI is InChI=1S/C11H8Cl2N2O2/c1-15-5-8(11(16)17)10(14-15)7-3-2-6(12)4-9(7)13/h2-5H,1H3,(H,16,17). The van der Waals surface area contributed by atoms with E-state index in [-0.39, 0.29) is 5.56 Å². The van der Waals surface area contributed by atoms with Gasteiger partial charge in [0.05, 0.1) is 5.02 Å². The molecule has 1 aromatic heterocycles. The fourth-order valence-corrected chi connectivity index (χ4v) is 2.02. The van der Waals surface area contributed by atoms with Crippen LogP contribution in [0.4, 0.5) is 0 Å². The van der Waals surface area contributed by atoms with Crippen LogP contribution in [0.1, 0.15) is 10.4 Å². The van der Waals surface area contributed by atoms with Gasteiger partial charge in [0.15, 0.2) is 0 Å². The maximum Gasteiger partial charge on any atom is 0.339 e. The molecule has 6 heteroatoms. The number of aryl methyl sites for hydroxylation is 1. The monoisotopic (exact) mass is 270 g/mol. The molecule has 1 N–H and O–H groups in total. The van der Waals surface area contributed by atoms with E-state index in [1.165, 1.54) is 10.9 Å². The number of halogens is 2. The molecule has 2 aromatic rings. The van der Waals surface area contributed by atoms with Crippen molar-refractivity contribution < 1.29 is 9.90 Å². The van der Waals surface area contributed by atoms with Crippen LogP contribution in [0.25, 0.3) is 11.3 Å². The molecule has 0 bridgehead atoms. The van der Waals surface area contributed by atoms with Gasteiger partial charge in [-0.2, -0.15) is 5.10 Å². The van der Waals surface area contributed by atoms with Gasteiger partial charge in [0.25, 0.3) is 0 Å². The van der Waals surface area contributed by atoms with Gasteiger partial charge < -0.3 is 5.11 Å². The Morgan fingerprint density at radius 2 is 2.12 bits per heavy atom. The molecule has 4 nitrogen and oxygen atoms in total. The highest BCUT2D eigenvalue weighted by molar-refractivity contribution is 6.36. The van der Waals surface area contributed by atoms with E-state index in [4.69, 9.17) is 28.3 Å². The Bertz CT molecular complexity index is 593. The number of aromatic carboxylic acids is 1. The summed E-state index contributed by atoms with van der Waals surface area (Å²) < 4.78 is 1.43. The maximum atomic E-state index is 11.1. The quantitative estimate of drug-likeness (QED) is 0.913. The second kappa shape index (κ2) is 4.39. The first-order valence-electron chi connectivity index (χ1n) is 4.71. The Morgan fingerprint density at radius 1 is 1.41 bits per heavy atom. The third-order valence-corrected chi connectivity index (χ3v) is 2.79. The van der Waals surface area contributed by atoms with E-state index in [0.29, 0.717) is 21.3 Å². The minimum atomic E-state index is -1.04. The lowest BCUT2D eigenvalue weighted by Gasteiger charge is -2.02. The molecule has 2 rings (SSSR count). The fraction of sp³-hybridized carbons (Fsp3) is 0.0909. The second-order valence-electron chi connectivity index (χ2n) is 3.49. The molecule has 0 radical (unpaired) electrons. The van der Waals surface area contributed by atoms with Crippen LogP contribution in [0.5, 0.6) is 0 Å². The number of benzene rings is 1. The summed E-state index contributed by atoms with van der Waals surface area (Å²) in [5.74, 6) is -1.04. The molecular formula is C11H8Cl2N2O2. The van der Waals surface area contributed by atoms with E-state index in [2.05, 4.69) is 5.10 Å². The van der Waals surface area contributed by atoms with Gasteiger partial charge in [0, 0.05) is 23.8 Å². The molecule has 1 aromatic carbocycles. The molecule has 88 valence electrons. The summed E-state index contributed by atoms with van der Waals surface area (Å²) in [7, 11) is 1.65. The van der Waals surface area contributed by atoms with Gasteiger partial charge in [-0.25, -0.2) is 4.79 Å². The first-order chi connectivity index (χ1) is 7.99. The summed E-state index contributed by atoms with van der Waals surface area (Å²) in [4.78, 5) is 11.1. The fourth-order valence-electron chi connectivity index (χ4n) is 1.53. The molecule has 0 spiro atoms. The number of hydrogen-bond donors (Lipinski definition) is 1. The molecule has 0 fully saturated rings. The average molecular weight is 271 g/mol. The SMILES string of the molecule is Cn1cc(C(=O)O)c(-c2ccc(Cl)cc2Cl)n1. The van der Waals surface area contributed by atoms with E-state index in [1.54, 1.807) is 25.2 Å². The van der Waals surface area contributed by atoms with Crippen molar-refractivity contribution in [3.05, 3.63) is 40.0 Å². The van der Waals surface area contributed by atoms with Gasteiger partial charge >= 0.3 is 5.97 Å². The van der Waals surface area contributed by atoms with Gasteiger partial charge in [-0.05, 0) is 18.2 Å². The predicted octanol–water partition coefficient (Wildman–Crippen LogP) is 3.09. The Labute approximate surface area is 107 Å². The van der Waals surface area contributed by atoms with Crippen molar-refractivity contribution in [2.24, 2.45) is 7.05 Å². The van der Waals surface area contributed by atoms with Gasteiger partial charge in [-0.1, -0.05) is 23.2 Å². The van der Waals surface area contributed by atoms with E-state index in [1.807, 2.05) is 0 Å². The van der Waals surface area contributed by atoms with Crippen LogP contribution in [0.3, 0.4) is 0 Å². The molecule has 17 heavy (non-hydrogen) atoms. The van der Waals surface area contributed by atoms with Crippen LogP contribution in [0.2, 0.25) is 10.0 Å². The molecule has 1 heterocycles. The summed E-state index contributed by atoms with van der Waals surface area (Å²) in [5, 5.41) is 14.0. The molecular weight excluding hydrogens is 263 g/mol. The lowest BCUT2D eigenvalue weighted by molar-refractivity contribution is 0.0697. The van der Waals surface area contributed by atoms with Gasteiger partial charge in [-0.15, -0.1) is 0 Å². The molecule has 0 aliphatic carbocycles. The van der Waals surface area contributed by atoms with E-state index < -0.39 is 5.97 Å². The van der Waals surface area contributed by atoms with Crippen molar-refractivity contribution in [3.63, 3.8) is 0 Å². The van der Waals surface area contributed by atoms with Crippen molar-refractivity contribution in [2.45, 2.75) is 0 Å². The van der Waals surface area contributed by atoms with Gasteiger partial charge in [-0.3, -0.25) is 4.68 Å². The van der Waals surface area contributed by atoms with Crippen molar-refractivity contribution in [1.82, 2.24) is 9.78 Å². The van der Waals surface area contributed by atoms with Crippen LogP contribution in [0.15, 0.2) is 24.4 Å². The molecule has 0 aliphatic heterocycles. The predicted molar refractivity (Wildman–Crippen MR) is 65.6 cm³/mol. The lowest BCUT2D eigenvalue weighted by Crippen LogP contribution is -1.97. The molecule has 0 amide bonds. The minimum absolute atomic E-state index is 0.108. The van der Waals surface area contributed by atoms with Crippen LogP contribution >= 0.6 is 23.2 Å². The summed E-state index contributed by atoms with van der Waals surface area (Å²) in [6.45, 7) is 0. The molecule has 0 aliphatic rings. The highest BCUT2D eigenvalue weighted by atomic mass is 35.5. The minimum Gasteiger partial charge on any atom is -0.478 e. The summed E-state index contributed by atoms with van der Waals surface area (Å²) in [6.07, 6.45) is 1.43. The first-order valence-corrected chi connectivity index (χ1v) is 5.47. The highest BCUT2D eigenvalue weighted by Crippen LogP contribution is 2.31. The van der Waals surface area contributed by atoms with E-state index in [0.717, 1.165) is 0 Å². The van der Waals surface area contributed by atoms with Crippen LogP contribution in [-0.2, 0) is 7.05 Å². The average Bonchev–Trinajstić information content (AvgIpc) is 2.60. The number of hydrogen-bond acceptors (Lipinski definition) is 2. The lowest BCUT2D eigenvalue weighted by atomic mass is 10.1. The van der Waals surface area contributed by atoms with Crippen molar-refractivity contribution >= 4 is 29.2 Å². The number of rotatable bonds is 2. The summed E-state index contributed by atoms with van der Waals surface area (Å²) in [5.41, 5.74) is 0.993. The van der Waals surface area contributed by atoms with E-state index >= 15 is 0 Å². The van der Waals surface area contributed by atoms with Crippen LogP contribution in [0, 0.1) is 0 Å². The van der Waals surface area contributed by atoms with Crippen molar-refractivity contribution in [3.8, 4) is 11.3 Å². The van der Waals surface area contributed by atoms with Crippen LogP contribution < -0.4 is 0 Å². The third kappa shape index (κ3) is 2.28. The Balaban J connectivity index is 2.63. The number of carbonyl (C=O) groups is 1. The van der Waals surface area contributed by atoms with Crippen LogP contribution in [-0.4, -0.2) is 20.9 Å². The summed E-state index contributed by atoms with van der Waals surface area (Å²) in [6, 6.07) is 4.85. The number of carboxylic acid groups (broad SMARTS) is 1. The Morgan fingerprint density at radius 3 is 2.71 bits per heavy atom. The summed E-state index contributed by atoms with van der Waals surface area (Å²) >= 11 is 11.8. The zero-order chi connectivity index (χ0) is 12.6. The number of nitrogens with zero attached hydrogens (tertiary/aromatic N) is 2. The molecule has 0 saturated heterocycles. The zero-order valence-electron chi connectivity index (χ0n) is 8.82. The number of aromatic nitrogens is 2. The van der Waals surface area contributed by atoms with Gasteiger partial charge in [0.2, 0.25) is 0 Å². The molecule has 0 unspecified atom stereocenters. The third-order valence-electron chi connectivity index (χ3n) is 2.25. The highest BCUT2D eigenvalue weighted by Gasteiger charge is 2.18. The smallest absolute Gasteiger partial charge is 0.339 e.